The molecule has 3 heterocycles. The highest BCUT2D eigenvalue weighted by Gasteiger charge is 2.39. The SMILES string of the molecule is CS(=O)(=O)N1C[C@H]2CC[C@@H](C1)N(C(=O)Cc1ccc(F)cc1F)C2. The topological polar surface area (TPSA) is 57.7 Å². The van der Waals surface area contributed by atoms with Crippen LogP contribution in [0.5, 0.6) is 0 Å². The van der Waals surface area contributed by atoms with Crippen molar-refractivity contribution in [2.24, 2.45) is 5.92 Å². The second-order valence-corrected chi connectivity index (χ2v) is 8.62. The first-order valence-corrected chi connectivity index (χ1v) is 9.77. The molecule has 24 heavy (non-hydrogen) atoms. The molecule has 3 aliphatic heterocycles. The van der Waals surface area contributed by atoms with E-state index in [4.69, 9.17) is 0 Å². The number of piperidine rings is 1. The van der Waals surface area contributed by atoms with Gasteiger partial charge < -0.3 is 4.90 Å². The summed E-state index contributed by atoms with van der Waals surface area (Å²) >= 11 is 0. The number of halogens is 2. The Balaban J connectivity index is 1.76. The van der Waals surface area contributed by atoms with Gasteiger partial charge in [0.2, 0.25) is 15.9 Å². The molecule has 0 radical (unpaired) electrons. The van der Waals surface area contributed by atoms with Crippen molar-refractivity contribution in [2.45, 2.75) is 25.3 Å². The molecule has 0 aromatic heterocycles. The van der Waals surface area contributed by atoms with Crippen LogP contribution in [-0.2, 0) is 21.2 Å². The molecular formula is C16H20F2N2O3S. The molecule has 2 bridgehead atoms. The quantitative estimate of drug-likeness (QED) is 0.821. The second-order valence-electron chi connectivity index (χ2n) is 6.64. The van der Waals surface area contributed by atoms with E-state index in [0.29, 0.717) is 13.1 Å². The Morgan fingerprint density at radius 1 is 1.21 bits per heavy atom. The maximum absolute atomic E-state index is 13.8. The first-order chi connectivity index (χ1) is 11.2. The van der Waals surface area contributed by atoms with Gasteiger partial charge in [-0.25, -0.2) is 17.2 Å². The lowest BCUT2D eigenvalue weighted by Crippen LogP contribution is -2.48. The van der Waals surface area contributed by atoms with Gasteiger partial charge in [-0.2, -0.15) is 4.31 Å². The minimum atomic E-state index is -3.30. The summed E-state index contributed by atoms with van der Waals surface area (Å²) in [5, 5.41) is 0. The zero-order valence-corrected chi connectivity index (χ0v) is 14.2. The van der Waals surface area contributed by atoms with E-state index in [2.05, 4.69) is 0 Å². The van der Waals surface area contributed by atoms with Crippen LogP contribution in [0.1, 0.15) is 18.4 Å². The zero-order chi connectivity index (χ0) is 17.5. The highest BCUT2D eigenvalue weighted by molar-refractivity contribution is 7.88. The monoisotopic (exact) mass is 358 g/mol. The van der Waals surface area contributed by atoms with Crippen molar-refractivity contribution in [3.63, 3.8) is 0 Å². The third-order valence-electron chi connectivity index (χ3n) is 4.83. The molecule has 0 N–H and O–H groups in total. The third-order valence-corrected chi connectivity index (χ3v) is 6.06. The molecule has 5 nitrogen and oxygen atoms in total. The Labute approximate surface area is 140 Å². The molecule has 3 saturated heterocycles. The number of rotatable bonds is 3. The first kappa shape index (κ1) is 17.3. The maximum atomic E-state index is 13.8. The van der Waals surface area contributed by atoms with Gasteiger partial charge in [-0.1, -0.05) is 6.07 Å². The Morgan fingerprint density at radius 3 is 2.62 bits per heavy atom. The van der Waals surface area contributed by atoms with Gasteiger partial charge in [-0.3, -0.25) is 4.79 Å². The van der Waals surface area contributed by atoms with E-state index in [9.17, 15) is 22.0 Å². The number of hydrogen-bond acceptors (Lipinski definition) is 3. The van der Waals surface area contributed by atoms with E-state index in [1.54, 1.807) is 4.90 Å². The van der Waals surface area contributed by atoms with Gasteiger partial charge in [-0.05, 0) is 30.4 Å². The Hall–Kier alpha value is -1.54. The van der Waals surface area contributed by atoms with Crippen LogP contribution in [0.15, 0.2) is 18.2 Å². The van der Waals surface area contributed by atoms with Crippen LogP contribution in [0.3, 0.4) is 0 Å². The highest BCUT2D eigenvalue weighted by atomic mass is 32.2. The van der Waals surface area contributed by atoms with Gasteiger partial charge in [0.15, 0.2) is 0 Å². The molecule has 1 amide bonds. The summed E-state index contributed by atoms with van der Waals surface area (Å²) in [6.07, 6.45) is 2.66. The summed E-state index contributed by atoms with van der Waals surface area (Å²) < 4.78 is 51.8. The molecule has 4 rings (SSSR count). The number of benzene rings is 1. The number of fused-ring (bicyclic) bond motifs is 4. The highest BCUT2D eigenvalue weighted by Crippen LogP contribution is 2.29. The van der Waals surface area contributed by atoms with Crippen LogP contribution < -0.4 is 0 Å². The van der Waals surface area contributed by atoms with E-state index >= 15 is 0 Å². The van der Waals surface area contributed by atoms with E-state index in [1.807, 2.05) is 0 Å². The van der Waals surface area contributed by atoms with Crippen LogP contribution in [-0.4, -0.2) is 55.5 Å². The molecule has 0 aliphatic carbocycles. The number of carbonyl (C=O) groups excluding carboxylic acids is 1. The summed E-state index contributed by atoms with van der Waals surface area (Å²) in [5.41, 5.74) is 0.154. The molecule has 2 atom stereocenters. The fraction of sp³-hybridized carbons (Fsp3) is 0.562. The second kappa shape index (κ2) is 6.40. The van der Waals surface area contributed by atoms with Crippen molar-refractivity contribution < 1.29 is 22.0 Å². The van der Waals surface area contributed by atoms with Crippen LogP contribution in [0.25, 0.3) is 0 Å². The lowest BCUT2D eigenvalue weighted by Gasteiger charge is -2.36. The summed E-state index contributed by atoms with van der Waals surface area (Å²) in [7, 11) is -3.30. The molecule has 1 aromatic rings. The Morgan fingerprint density at radius 2 is 1.96 bits per heavy atom. The van der Waals surface area contributed by atoms with Crippen molar-refractivity contribution in [3.8, 4) is 0 Å². The van der Waals surface area contributed by atoms with E-state index < -0.39 is 21.7 Å². The van der Waals surface area contributed by atoms with E-state index in [0.717, 1.165) is 25.0 Å². The molecule has 8 heteroatoms. The fourth-order valence-corrected chi connectivity index (χ4v) is 4.47. The maximum Gasteiger partial charge on any atom is 0.227 e. The molecular weight excluding hydrogens is 338 g/mol. The smallest absolute Gasteiger partial charge is 0.227 e. The fourth-order valence-electron chi connectivity index (χ4n) is 3.54. The largest absolute Gasteiger partial charge is 0.338 e. The minimum Gasteiger partial charge on any atom is -0.338 e. The molecule has 0 spiro atoms. The van der Waals surface area contributed by atoms with Crippen molar-refractivity contribution in [1.82, 2.24) is 9.21 Å². The van der Waals surface area contributed by atoms with Gasteiger partial charge in [0, 0.05) is 31.7 Å². The van der Waals surface area contributed by atoms with Crippen LogP contribution in [0.2, 0.25) is 0 Å². The molecule has 1 aromatic carbocycles. The van der Waals surface area contributed by atoms with Gasteiger partial charge in [0.1, 0.15) is 11.6 Å². The summed E-state index contributed by atoms with van der Waals surface area (Å²) in [5.74, 6) is -1.56. The van der Waals surface area contributed by atoms with Gasteiger partial charge in [0.05, 0.1) is 12.7 Å². The average molecular weight is 358 g/mol. The predicted octanol–water partition coefficient (Wildman–Crippen LogP) is 1.39. The number of nitrogens with zero attached hydrogens (tertiary/aromatic N) is 2. The van der Waals surface area contributed by atoms with Crippen LogP contribution in [0, 0.1) is 17.6 Å². The van der Waals surface area contributed by atoms with Crippen molar-refractivity contribution >= 4 is 15.9 Å². The number of carbonyl (C=O) groups is 1. The molecule has 0 saturated carbocycles. The lowest BCUT2D eigenvalue weighted by atomic mass is 9.94. The number of amides is 1. The van der Waals surface area contributed by atoms with Crippen molar-refractivity contribution in [1.29, 1.82) is 0 Å². The minimum absolute atomic E-state index is 0.0977. The number of hydrogen-bond donors (Lipinski definition) is 0. The van der Waals surface area contributed by atoms with E-state index in [1.165, 1.54) is 16.6 Å². The summed E-state index contributed by atoms with van der Waals surface area (Å²) in [6.45, 7) is 1.19. The summed E-state index contributed by atoms with van der Waals surface area (Å²) in [4.78, 5) is 14.3. The van der Waals surface area contributed by atoms with E-state index in [-0.39, 0.29) is 36.4 Å². The van der Waals surface area contributed by atoms with Gasteiger partial charge >= 0.3 is 0 Å². The lowest BCUT2D eigenvalue weighted by molar-refractivity contribution is -0.134. The number of sulfonamides is 1. The average Bonchev–Trinajstić information content (AvgIpc) is 2.81. The summed E-state index contributed by atoms with van der Waals surface area (Å²) in [6, 6.07) is 2.99. The predicted molar refractivity (Wildman–Crippen MR) is 84.7 cm³/mol. The van der Waals surface area contributed by atoms with Gasteiger partial charge in [-0.15, -0.1) is 0 Å². The zero-order valence-electron chi connectivity index (χ0n) is 13.4. The molecule has 3 aliphatic rings. The molecule has 3 fully saturated rings. The first-order valence-electron chi connectivity index (χ1n) is 7.92. The molecule has 0 unspecified atom stereocenters. The van der Waals surface area contributed by atoms with Crippen molar-refractivity contribution in [3.05, 3.63) is 35.4 Å². The molecule has 132 valence electrons. The van der Waals surface area contributed by atoms with Crippen LogP contribution >= 0.6 is 0 Å². The Kier molecular flexibility index (Phi) is 4.61. The normalized spacial score (nSPS) is 24.9. The third kappa shape index (κ3) is 3.59. The van der Waals surface area contributed by atoms with Crippen molar-refractivity contribution in [2.75, 3.05) is 25.9 Å². The Bertz CT molecular complexity index is 754. The van der Waals surface area contributed by atoms with Crippen LogP contribution in [0.4, 0.5) is 8.78 Å². The van der Waals surface area contributed by atoms with Gasteiger partial charge in [0.25, 0.3) is 0 Å². The standard InChI is InChI=1S/C16H20F2N2O3S/c1-24(22,23)19-8-11-2-5-14(10-19)20(9-11)16(21)6-12-3-4-13(17)7-15(12)18/h3-4,7,11,14H,2,5-6,8-10H2,1H3/t11-,14+/m1/s1.